The maximum absolute atomic E-state index is 12.1. The first-order valence-electron chi connectivity index (χ1n) is 8.91. The number of carbonyl (C=O) groups excluding carboxylic acids is 2. The number of hydrogen-bond donors (Lipinski definition) is 2. The number of sulfonamides is 1. The van der Waals surface area contributed by atoms with E-state index in [1.807, 2.05) is 0 Å². The number of para-hydroxylation sites is 1. The highest BCUT2D eigenvalue weighted by Crippen LogP contribution is 2.18. The van der Waals surface area contributed by atoms with Gasteiger partial charge in [0.25, 0.3) is 5.91 Å². The second kappa shape index (κ2) is 10.0. The molecule has 0 heterocycles. The van der Waals surface area contributed by atoms with Crippen LogP contribution in [0.4, 0.5) is 0 Å². The van der Waals surface area contributed by atoms with Crippen LogP contribution in [0.25, 0.3) is 0 Å². The lowest BCUT2D eigenvalue weighted by atomic mass is 10.1. The summed E-state index contributed by atoms with van der Waals surface area (Å²) in [6.07, 6.45) is -0.460. The van der Waals surface area contributed by atoms with Crippen molar-refractivity contribution in [1.82, 2.24) is 5.32 Å². The van der Waals surface area contributed by atoms with Crippen LogP contribution in [-0.4, -0.2) is 40.1 Å². The van der Waals surface area contributed by atoms with Crippen molar-refractivity contribution in [2.75, 3.05) is 13.7 Å². The van der Waals surface area contributed by atoms with Gasteiger partial charge in [0, 0.05) is 12.1 Å². The smallest absolute Gasteiger partial charge is 0.311 e. The summed E-state index contributed by atoms with van der Waals surface area (Å²) < 4.78 is 32.8. The van der Waals surface area contributed by atoms with Gasteiger partial charge in [-0.2, -0.15) is 0 Å². The van der Waals surface area contributed by atoms with Crippen LogP contribution in [0.3, 0.4) is 0 Å². The van der Waals surface area contributed by atoms with Crippen LogP contribution >= 0.6 is 0 Å². The third-order valence-electron chi connectivity index (χ3n) is 4.17. The van der Waals surface area contributed by atoms with Crippen LogP contribution < -0.4 is 15.2 Å². The summed E-state index contributed by atoms with van der Waals surface area (Å²) in [4.78, 5) is 24.2. The minimum atomic E-state index is -3.73. The number of primary sulfonamides is 1. The minimum Gasteiger partial charge on any atom is -0.496 e. The van der Waals surface area contributed by atoms with Crippen molar-refractivity contribution < 1.29 is 27.5 Å². The van der Waals surface area contributed by atoms with Gasteiger partial charge in [0.1, 0.15) is 5.75 Å². The molecular formula is C20H24N2O6S. The number of nitrogens with one attached hydrogen (secondary N) is 1. The minimum absolute atomic E-state index is 0.00195. The number of amides is 1. The predicted molar refractivity (Wildman–Crippen MR) is 107 cm³/mol. The molecule has 0 aliphatic heterocycles. The number of nitrogens with two attached hydrogens (primary N) is 1. The molecule has 0 aromatic heterocycles. The molecule has 0 bridgehead atoms. The number of carbonyl (C=O) groups is 2. The van der Waals surface area contributed by atoms with Gasteiger partial charge in [-0.05, 0) is 37.1 Å². The van der Waals surface area contributed by atoms with Gasteiger partial charge in [0.2, 0.25) is 10.0 Å². The number of hydrogen-bond acceptors (Lipinski definition) is 6. The molecule has 0 spiro atoms. The van der Waals surface area contributed by atoms with E-state index in [0.29, 0.717) is 24.3 Å². The highest BCUT2D eigenvalue weighted by Gasteiger charge is 2.18. The van der Waals surface area contributed by atoms with Gasteiger partial charge in [-0.15, -0.1) is 0 Å². The van der Waals surface area contributed by atoms with E-state index in [9.17, 15) is 18.0 Å². The molecule has 2 rings (SSSR count). The number of esters is 1. The third kappa shape index (κ3) is 6.88. The summed E-state index contributed by atoms with van der Waals surface area (Å²) in [5.74, 6) is -0.370. The zero-order valence-corrected chi connectivity index (χ0v) is 17.1. The Morgan fingerprint density at radius 2 is 1.76 bits per heavy atom. The van der Waals surface area contributed by atoms with Crippen molar-refractivity contribution in [3.63, 3.8) is 0 Å². The quantitative estimate of drug-likeness (QED) is 0.587. The Hall–Kier alpha value is -2.91. The average Bonchev–Trinajstić information content (AvgIpc) is 2.68. The van der Waals surface area contributed by atoms with E-state index in [4.69, 9.17) is 14.6 Å². The Bertz CT molecular complexity index is 957. The third-order valence-corrected chi connectivity index (χ3v) is 5.10. The van der Waals surface area contributed by atoms with Gasteiger partial charge < -0.3 is 14.8 Å². The van der Waals surface area contributed by atoms with E-state index in [0.717, 1.165) is 5.56 Å². The predicted octanol–water partition coefficient (Wildman–Crippen LogP) is 1.18. The Balaban J connectivity index is 1.79. The fourth-order valence-electron chi connectivity index (χ4n) is 2.62. The summed E-state index contributed by atoms with van der Waals surface area (Å²) in [5, 5.41) is 7.74. The van der Waals surface area contributed by atoms with Gasteiger partial charge in [-0.3, -0.25) is 9.59 Å². The molecule has 0 aliphatic carbocycles. The van der Waals surface area contributed by atoms with Crippen molar-refractivity contribution in [2.45, 2.75) is 30.8 Å². The van der Waals surface area contributed by atoms with Crippen LogP contribution in [0.15, 0.2) is 53.4 Å². The molecule has 0 saturated heterocycles. The molecular weight excluding hydrogens is 396 g/mol. The van der Waals surface area contributed by atoms with Crippen LogP contribution in [0.5, 0.6) is 5.75 Å². The molecule has 1 amide bonds. The summed E-state index contributed by atoms with van der Waals surface area (Å²) >= 11 is 0. The van der Waals surface area contributed by atoms with Gasteiger partial charge in [0.05, 0.1) is 18.4 Å². The summed E-state index contributed by atoms with van der Waals surface area (Å²) in [6, 6.07) is 13.2. The SMILES string of the molecule is COc1ccccc1CC(=O)OC(C)C(=O)NCCc1ccc(S(N)(=O)=O)cc1. The molecule has 9 heteroatoms. The lowest BCUT2D eigenvalue weighted by Crippen LogP contribution is -2.37. The summed E-state index contributed by atoms with van der Waals surface area (Å²) in [7, 11) is -2.21. The molecule has 156 valence electrons. The highest BCUT2D eigenvalue weighted by atomic mass is 32.2. The Morgan fingerprint density at radius 3 is 2.38 bits per heavy atom. The zero-order valence-electron chi connectivity index (χ0n) is 16.3. The van der Waals surface area contributed by atoms with Crippen molar-refractivity contribution in [3.8, 4) is 5.75 Å². The van der Waals surface area contributed by atoms with Gasteiger partial charge >= 0.3 is 5.97 Å². The first kappa shape index (κ1) is 22.4. The lowest BCUT2D eigenvalue weighted by molar-refractivity contribution is -0.154. The molecule has 3 N–H and O–H groups in total. The van der Waals surface area contributed by atoms with Gasteiger partial charge in [-0.1, -0.05) is 30.3 Å². The lowest BCUT2D eigenvalue weighted by Gasteiger charge is -2.14. The zero-order chi connectivity index (χ0) is 21.4. The molecule has 0 radical (unpaired) electrons. The topological polar surface area (TPSA) is 125 Å². The second-order valence-corrected chi connectivity index (χ2v) is 7.91. The summed E-state index contributed by atoms with van der Waals surface area (Å²) in [5.41, 5.74) is 1.51. The maximum Gasteiger partial charge on any atom is 0.311 e. The van der Waals surface area contributed by atoms with Crippen LogP contribution in [0.1, 0.15) is 18.1 Å². The molecule has 1 atom stereocenters. The first-order valence-corrected chi connectivity index (χ1v) is 10.5. The average molecular weight is 420 g/mol. The van der Waals surface area contributed by atoms with Crippen LogP contribution in [0, 0.1) is 0 Å². The van der Waals surface area contributed by atoms with E-state index < -0.39 is 28.0 Å². The van der Waals surface area contributed by atoms with E-state index in [1.165, 1.54) is 26.2 Å². The summed E-state index contributed by atoms with van der Waals surface area (Å²) in [6.45, 7) is 1.80. The molecule has 0 fully saturated rings. The number of benzene rings is 2. The molecule has 0 saturated carbocycles. The Kier molecular flexibility index (Phi) is 7.74. The first-order chi connectivity index (χ1) is 13.7. The number of ether oxygens (including phenoxy) is 2. The highest BCUT2D eigenvalue weighted by molar-refractivity contribution is 7.89. The normalized spacial score (nSPS) is 12.1. The van der Waals surface area contributed by atoms with Crippen molar-refractivity contribution in [1.29, 1.82) is 0 Å². The fraction of sp³-hybridized carbons (Fsp3) is 0.300. The molecule has 2 aromatic carbocycles. The van der Waals surface area contributed by atoms with E-state index in [2.05, 4.69) is 5.32 Å². The van der Waals surface area contributed by atoms with Crippen molar-refractivity contribution in [2.24, 2.45) is 5.14 Å². The van der Waals surface area contributed by atoms with Gasteiger partial charge in [0.15, 0.2) is 6.10 Å². The van der Waals surface area contributed by atoms with Gasteiger partial charge in [-0.25, -0.2) is 13.6 Å². The number of rotatable bonds is 9. The van der Waals surface area contributed by atoms with Crippen LogP contribution in [0.2, 0.25) is 0 Å². The van der Waals surface area contributed by atoms with Crippen molar-refractivity contribution in [3.05, 3.63) is 59.7 Å². The molecule has 8 nitrogen and oxygen atoms in total. The Labute approximate surface area is 170 Å². The molecule has 2 aromatic rings. The largest absolute Gasteiger partial charge is 0.496 e. The Morgan fingerprint density at radius 1 is 1.10 bits per heavy atom. The van der Waals surface area contributed by atoms with Crippen LogP contribution in [-0.2, 0) is 37.2 Å². The van der Waals surface area contributed by atoms with E-state index in [1.54, 1.807) is 36.4 Å². The molecule has 29 heavy (non-hydrogen) atoms. The monoisotopic (exact) mass is 420 g/mol. The number of methoxy groups -OCH3 is 1. The maximum atomic E-state index is 12.1. The van der Waals surface area contributed by atoms with Crippen molar-refractivity contribution >= 4 is 21.9 Å². The molecule has 0 aliphatic rings. The second-order valence-electron chi connectivity index (χ2n) is 6.35. The van der Waals surface area contributed by atoms with E-state index in [-0.39, 0.29) is 11.3 Å². The molecule has 1 unspecified atom stereocenters. The standard InChI is InChI=1S/C20H24N2O6S/c1-14(28-19(23)13-16-5-3-4-6-18(16)27-2)20(24)22-12-11-15-7-9-17(10-8-15)29(21,25)26/h3-10,14H,11-13H2,1-2H3,(H,22,24)(H2,21,25,26). The fourth-order valence-corrected chi connectivity index (χ4v) is 3.13. The van der Waals surface area contributed by atoms with E-state index >= 15 is 0 Å².